The van der Waals surface area contributed by atoms with Crippen LogP contribution >= 0.6 is 15.9 Å². The Balaban J connectivity index is 2.10. The third kappa shape index (κ3) is 3.42. The van der Waals surface area contributed by atoms with Crippen molar-refractivity contribution >= 4 is 38.7 Å². The molecule has 0 saturated heterocycles. The number of rotatable bonds is 2. The third-order valence-corrected chi connectivity index (χ3v) is 4.29. The highest BCUT2D eigenvalue weighted by Gasteiger charge is 2.22. The van der Waals surface area contributed by atoms with Crippen LogP contribution < -0.4 is 5.73 Å². The van der Waals surface area contributed by atoms with Crippen molar-refractivity contribution in [3.05, 3.63) is 35.1 Å². The number of benzene rings is 1. The zero-order valence-electron chi connectivity index (χ0n) is 14.7. The number of nitrogens with two attached hydrogens (primary N) is 1. The van der Waals surface area contributed by atoms with Gasteiger partial charge in [-0.05, 0) is 45.9 Å². The van der Waals surface area contributed by atoms with Crippen LogP contribution in [0.5, 0.6) is 0 Å². The van der Waals surface area contributed by atoms with E-state index in [-0.39, 0.29) is 0 Å². The van der Waals surface area contributed by atoms with Crippen LogP contribution in [0.25, 0.3) is 22.0 Å². The van der Waals surface area contributed by atoms with Gasteiger partial charge in [0, 0.05) is 45.4 Å². The monoisotopic (exact) mass is 404 g/mol. The number of nitrogen functional groups attached to an aromatic ring is 1. The standard InChI is InChI=1S/C18H21BrN4O2/c1-5-22-9-13(12-8-11(19)6-7-15(12)22)14-10-23(21-16(14)20)17(24)25-18(2,3)4/h6-10H,5H2,1-4H3,(H2,20,21). The van der Waals surface area contributed by atoms with E-state index in [9.17, 15) is 4.79 Å². The van der Waals surface area contributed by atoms with Crippen LogP contribution in [-0.2, 0) is 11.3 Å². The summed E-state index contributed by atoms with van der Waals surface area (Å²) in [5.74, 6) is 0.293. The maximum Gasteiger partial charge on any atom is 0.435 e. The van der Waals surface area contributed by atoms with Gasteiger partial charge in [0.1, 0.15) is 5.60 Å². The lowest BCUT2D eigenvalue weighted by Crippen LogP contribution is -2.27. The Hall–Kier alpha value is -2.28. The van der Waals surface area contributed by atoms with E-state index in [1.165, 1.54) is 0 Å². The molecule has 0 aliphatic heterocycles. The van der Waals surface area contributed by atoms with Crippen LogP contribution in [-0.4, -0.2) is 26.0 Å². The second-order valence-electron chi connectivity index (χ2n) is 6.84. The minimum atomic E-state index is -0.596. The Bertz CT molecular complexity index is 950. The van der Waals surface area contributed by atoms with Crippen molar-refractivity contribution in [3.8, 4) is 11.1 Å². The molecule has 0 atom stereocenters. The normalized spacial score (nSPS) is 11.9. The molecule has 132 valence electrons. The zero-order chi connectivity index (χ0) is 18.4. The molecule has 0 amide bonds. The Morgan fingerprint density at radius 2 is 2.00 bits per heavy atom. The van der Waals surface area contributed by atoms with Gasteiger partial charge in [0.25, 0.3) is 0 Å². The lowest BCUT2D eigenvalue weighted by atomic mass is 10.1. The summed E-state index contributed by atoms with van der Waals surface area (Å²) < 4.78 is 9.63. The largest absolute Gasteiger partial charge is 0.442 e. The molecule has 1 aromatic carbocycles. The van der Waals surface area contributed by atoms with E-state index in [1.54, 1.807) is 6.20 Å². The number of hydrogen-bond acceptors (Lipinski definition) is 4. The Labute approximate surface area is 154 Å². The SMILES string of the molecule is CCn1cc(-c2cn(C(=O)OC(C)(C)C)nc2N)c2cc(Br)ccc21. The van der Waals surface area contributed by atoms with Crippen molar-refractivity contribution in [1.29, 1.82) is 0 Å². The number of nitrogens with zero attached hydrogens (tertiary/aromatic N) is 3. The Morgan fingerprint density at radius 3 is 2.64 bits per heavy atom. The van der Waals surface area contributed by atoms with E-state index in [0.29, 0.717) is 11.4 Å². The highest BCUT2D eigenvalue weighted by Crippen LogP contribution is 2.35. The number of fused-ring (bicyclic) bond motifs is 1. The topological polar surface area (TPSA) is 75.1 Å². The quantitative estimate of drug-likeness (QED) is 0.673. The second kappa shape index (κ2) is 6.22. The first-order valence-corrected chi connectivity index (χ1v) is 8.86. The molecule has 0 fully saturated rings. The van der Waals surface area contributed by atoms with E-state index in [4.69, 9.17) is 10.5 Å². The van der Waals surface area contributed by atoms with Crippen LogP contribution in [0.4, 0.5) is 10.6 Å². The number of hydrogen-bond donors (Lipinski definition) is 1. The molecule has 6 nitrogen and oxygen atoms in total. The number of aromatic nitrogens is 3. The fourth-order valence-corrected chi connectivity index (χ4v) is 3.10. The van der Waals surface area contributed by atoms with Gasteiger partial charge < -0.3 is 15.0 Å². The van der Waals surface area contributed by atoms with Gasteiger partial charge in [-0.15, -0.1) is 5.10 Å². The van der Waals surface area contributed by atoms with Gasteiger partial charge in [0.15, 0.2) is 5.82 Å². The van der Waals surface area contributed by atoms with Gasteiger partial charge in [-0.3, -0.25) is 0 Å². The fraction of sp³-hybridized carbons (Fsp3) is 0.333. The Morgan fingerprint density at radius 1 is 1.28 bits per heavy atom. The van der Waals surface area contributed by atoms with Crippen molar-refractivity contribution in [1.82, 2.24) is 14.3 Å². The van der Waals surface area contributed by atoms with Crippen molar-refractivity contribution in [3.63, 3.8) is 0 Å². The third-order valence-electron chi connectivity index (χ3n) is 3.80. The predicted molar refractivity (Wildman–Crippen MR) is 103 cm³/mol. The fourth-order valence-electron chi connectivity index (χ4n) is 2.74. The molecule has 0 radical (unpaired) electrons. The second-order valence-corrected chi connectivity index (χ2v) is 7.76. The molecule has 0 unspecified atom stereocenters. The molecule has 0 aliphatic carbocycles. The molecule has 2 N–H and O–H groups in total. The molecular formula is C18H21BrN4O2. The number of carbonyl (C=O) groups excluding carboxylic acids is 1. The highest BCUT2D eigenvalue weighted by molar-refractivity contribution is 9.10. The van der Waals surface area contributed by atoms with Crippen molar-refractivity contribution in [2.24, 2.45) is 0 Å². The summed E-state index contributed by atoms with van der Waals surface area (Å²) in [6, 6.07) is 6.10. The van der Waals surface area contributed by atoms with Crippen molar-refractivity contribution in [2.45, 2.75) is 39.8 Å². The van der Waals surface area contributed by atoms with Crippen LogP contribution in [0.15, 0.2) is 35.1 Å². The maximum absolute atomic E-state index is 12.2. The molecule has 0 aliphatic rings. The first-order valence-electron chi connectivity index (χ1n) is 8.07. The van der Waals surface area contributed by atoms with Crippen LogP contribution in [0.2, 0.25) is 0 Å². The lowest BCUT2D eigenvalue weighted by molar-refractivity contribution is 0.0515. The summed E-state index contributed by atoms with van der Waals surface area (Å²) in [4.78, 5) is 12.2. The molecule has 7 heteroatoms. The first kappa shape index (κ1) is 17.5. The van der Waals surface area contributed by atoms with E-state index in [0.717, 1.165) is 32.2 Å². The van der Waals surface area contributed by atoms with Crippen LogP contribution in [0, 0.1) is 0 Å². The van der Waals surface area contributed by atoms with Gasteiger partial charge in [-0.2, -0.15) is 4.68 Å². The molecule has 25 heavy (non-hydrogen) atoms. The summed E-state index contributed by atoms with van der Waals surface area (Å²) in [7, 11) is 0. The van der Waals surface area contributed by atoms with Gasteiger partial charge >= 0.3 is 6.09 Å². The summed E-state index contributed by atoms with van der Waals surface area (Å²) in [5, 5.41) is 5.18. The van der Waals surface area contributed by atoms with E-state index < -0.39 is 11.7 Å². The summed E-state index contributed by atoms with van der Waals surface area (Å²) in [6.07, 6.45) is 3.11. The average Bonchev–Trinajstić information content (AvgIpc) is 3.05. The molecule has 2 heterocycles. The number of aryl methyl sites for hydroxylation is 1. The van der Waals surface area contributed by atoms with Crippen LogP contribution in [0.1, 0.15) is 27.7 Å². The molecule has 0 spiro atoms. The minimum Gasteiger partial charge on any atom is -0.442 e. The number of halogens is 1. The molecule has 3 aromatic rings. The number of ether oxygens (including phenoxy) is 1. The minimum absolute atomic E-state index is 0.293. The van der Waals surface area contributed by atoms with E-state index in [2.05, 4.69) is 38.6 Å². The Kier molecular flexibility index (Phi) is 4.36. The molecular weight excluding hydrogens is 384 g/mol. The van der Waals surface area contributed by atoms with Crippen molar-refractivity contribution < 1.29 is 9.53 Å². The summed E-state index contributed by atoms with van der Waals surface area (Å²) in [5.41, 5.74) is 8.24. The van der Waals surface area contributed by atoms with Gasteiger partial charge in [0.05, 0.1) is 0 Å². The van der Waals surface area contributed by atoms with Crippen molar-refractivity contribution in [2.75, 3.05) is 5.73 Å². The van der Waals surface area contributed by atoms with Gasteiger partial charge in [0.2, 0.25) is 0 Å². The number of carbonyl (C=O) groups is 1. The van der Waals surface area contributed by atoms with Gasteiger partial charge in [-0.25, -0.2) is 4.79 Å². The predicted octanol–water partition coefficient (Wildman–Crippen LogP) is 4.65. The van der Waals surface area contributed by atoms with E-state index >= 15 is 0 Å². The molecule has 0 bridgehead atoms. The van der Waals surface area contributed by atoms with Crippen LogP contribution in [0.3, 0.4) is 0 Å². The molecule has 3 rings (SSSR count). The average molecular weight is 405 g/mol. The lowest BCUT2D eigenvalue weighted by Gasteiger charge is -2.18. The maximum atomic E-state index is 12.2. The summed E-state index contributed by atoms with van der Waals surface area (Å²) in [6.45, 7) is 8.35. The smallest absolute Gasteiger partial charge is 0.435 e. The number of anilines is 1. The molecule has 2 aromatic heterocycles. The van der Waals surface area contributed by atoms with E-state index in [1.807, 2.05) is 39.1 Å². The first-order chi connectivity index (χ1) is 11.7. The molecule has 0 saturated carbocycles. The highest BCUT2D eigenvalue weighted by atomic mass is 79.9. The summed E-state index contributed by atoms with van der Waals surface area (Å²) >= 11 is 3.51. The zero-order valence-corrected chi connectivity index (χ0v) is 16.3. The van der Waals surface area contributed by atoms with Gasteiger partial charge in [-0.1, -0.05) is 15.9 Å².